The third kappa shape index (κ3) is 3.00. The van der Waals surface area contributed by atoms with Gasteiger partial charge in [-0.15, -0.1) is 0 Å². The SMILES string of the molecule is O=C(O)C1CCC(O)(CN2CC(O)C(O)C2)CC1. The topological polar surface area (TPSA) is 101 Å². The molecule has 0 spiro atoms. The molecular weight excluding hydrogens is 238 g/mol. The molecule has 18 heavy (non-hydrogen) atoms. The van der Waals surface area contributed by atoms with Gasteiger partial charge >= 0.3 is 5.97 Å². The average molecular weight is 259 g/mol. The van der Waals surface area contributed by atoms with E-state index in [-0.39, 0.29) is 5.92 Å². The van der Waals surface area contributed by atoms with Gasteiger partial charge in [-0.3, -0.25) is 9.69 Å². The molecule has 4 N–H and O–H groups in total. The first kappa shape index (κ1) is 13.7. The normalized spacial score (nSPS) is 42.1. The Morgan fingerprint density at radius 3 is 2.11 bits per heavy atom. The van der Waals surface area contributed by atoms with Crippen molar-refractivity contribution in [3.05, 3.63) is 0 Å². The number of hydrogen-bond donors (Lipinski definition) is 4. The summed E-state index contributed by atoms with van der Waals surface area (Å²) in [6, 6.07) is 0. The molecule has 2 atom stereocenters. The van der Waals surface area contributed by atoms with E-state index in [2.05, 4.69) is 0 Å². The molecule has 2 fully saturated rings. The van der Waals surface area contributed by atoms with Crippen LogP contribution in [-0.4, -0.2) is 68.7 Å². The van der Waals surface area contributed by atoms with Crippen molar-refractivity contribution in [2.75, 3.05) is 19.6 Å². The summed E-state index contributed by atoms with van der Waals surface area (Å²) in [7, 11) is 0. The number of aliphatic hydroxyl groups is 3. The van der Waals surface area contributed by atoms with Crippen molar-refractivity contribution in [1.82, 2.24) is 4.90 Å². The maximum absolute atomic E-state index is 10.8. The van der Waals surface area contributed by atoms with E-state index < -0.39 is 23.8 Å². The third-order valence-electron chi connectivity index (χ3n) is 4.12. The van der Waals surface area contributed by atoms with Crippen LogP contribution in [0.25, 0.3) is 0 Å². The minimum absolute atomic E-state index is 0.347. The van der Waals surface area contributed by atoms with Crippen LogP contribution in [0.2, 0.25) is 0 Å². The molecule has 1 heterocycles. The van der Waals surface area contributed by atoms with Gasteiger partial charge in [-0.05, 0) is 25.7 Å². The van der Waals surface area contributed by atoms with E-state index in [0.29, 0.717) is 45.3 Å². The standard InChI is InChI=1S/C12H21NO5/c14-9-5-13(6-10(9)15)7-12(18)3-1-8(2-4-12)11(16)17/h8-10,14-15,18H,1-7H2,(H,16,17). The van der Waals surface area contributed by atoms with E-state index >= 15 is 0 Å². The maximum atomic E-state index is 10.8. The van der Waals surface area contributed by atoms with Crippen LogP contribution < -0.4 is 0 Å². The summed E-state index contributed by atoms with van der Waals surface area (Å²) >= 11 is 0. The van der Waals surface area contributed by atoms with Crippen molar-refractivity contribution < 1.29 is 25.2 Å². The molecule has 0 amide bonds. The van der Waals surface area contributed by atoms with Crippen molar-refractivity contribution in [3.8, 4) is 0 Å². The number of likely N-dealkylation sites (tertiary alicyclic amines) is 1. The molecule has 1 saturated carbocycles. The van der Waals surface area contributed by atoms with Crippen molar-refractivity contribution in [2.24, 2.45) is 5.92 Å². The molecule has 104 valence electrons. The van der Waals surface area contributed by atoms with Crippen molar-refractivity contribution in [2.45, 2.75) is 43.5 Å². The van der Waals surface area contributed by atoms with Gasteiger partial charge in [0.25, 0.3) is 0 Å². The van der Waals surface area contributed by atoms with Crippen LogP contribution >= 0.6 is 0 Å². The number of aliphatic carboxylic acids is 1. The summed E-state index contributed by atoms with van der Waals surface area (Å²) in [5.41, 5.74) is -0.879. The summed E-state index contributed by atoms with van der Waals surface area (Å²) in [4.78, 5) is 12.7. The lowest BCUT2D eigenvalue weighted by Crippen LogP contribution is -2.46. The molecule has 0 bridgehead atoms. The second kappa shape index (κ2) is 5.13. The highest BCUT2D eigenvalue weighted by Gasteiger charge is 2.39. The van der Waals surface area contributed by atoms with E-state index in [0.717, 1.165) is 0 Å². The van der Waals surface area contributed by atoms with Crippen LogP contribution in [-0.2, 0) is 4.79 Å². The zero-order valence-corrected chi connectivity index (χ0v) is 10.3. The monoisotopic (exact) mass is 259 g/mol. The Labute approximate surface area is 106 Å². The lowest BCUT2D eigenvalue weighted by molar-refractivity contribution is -0.145. The van der Waals surface area contributed by atoms with Gasteiger partial charge in [-0.2, -0.15) is 0 Å². The number of carbonyl (C=O) groups is 1. The fourth-order valence-electron chi connectivity index (χ4n) is 2.95. The number of rotatable bonds is 3. The fourth-order valence-corrected chi connectivity index (χ4v) is 2.95. The molecular formula is C12H21NO5. The van der Waals surface area contributed by atoms with Crippen molar-refractivity contribution in [3.63, 3.8) is 0 Å². The molecule has 2 unspecified atom stereocenters. The lowest BCUT2D eigenvalue weighted by Gasteiger charge is -2.37. The first-order valence-corrected chi connectivity index (χ1v) is 6.43. The largest absolute Gasteiger partial charge is 0.481 e. The third-order valence-corrected chi connectivity index (χ3v) is 4.12. The highest BCUT2D eigenvalue weighted by atomic mass is 16.4. The Morgan fingerprint density at radius 1 is 1.17 bits per heavy atom. The molecule has 0 radical (unpaired) electrons. The van der Waals surface area contributed by atoms with Gasteiger partial charge < -0.3 is 20.4 Å². The van der Waals surface area contributed by atoms with Gasteiger partial charge in [-0.25, -0.2) is 0 Å². The van der Waals surface area contributed by atoms with Crippen LogP contribution in [0.3, 0.4) is 0 Å². The first-order valence-electron chi connectivity index (χ1n) is 6.43. The number of β-amino-alcohol motifs (C(OH)–C–C–N with tert-alkyl or cyclic N) is 3. The molecule has 6 nitrogen and oxygen atoms in total. The predicted molar refractivity (Wildman–Crippen MR) is 63.0 cm³/mol. The van der Waals surface area contributed by atoms with E-state index in [1.807, 2.05) is 4.90 Å². The van der Waals surface area contributed by atoms with Crippen LogP contribution in [0, 0.1) is 5.92 Å². The van der Waals surface area contributed by atoms with Crippen LogP contribution in [0.4, 0.5) is 0 Å². The number of hydrogen-bond acceptors (Lipinski definition) is 5. The van der Waals surface area contributed by atoms with Gasteiger partial charge in [0, 0.05) is 19.6 Å². The van der Waals surface area contributed by atoms with E-state index in [1.54, 1.807) is 0 Å². The van der Waals surface area contributed by atoms with E-state index in [1.165, 1.54) is 0 Å². The molecule has 0 aromatic carbocycles. The Kier molecular flexibility index (Phi) is 3.91. The molecule has 6 heteroatoms. The molecule has 1 saturated heterocycles. The molecule has 2 rings (SSSR count). The maximum Gasteiger partial charge on any atom is 0.306 e. The van der Waals surface area contributed by atoms with Crippen LogP contribution in [0.5, 0.6) is 0 Å². The Morgan fingerprint density at radius 2 is 1.67 bits per heavy atom. The summed E-state index contributed by atoms with van der Waals surface area (Å²) < 4.78 is 0. The first-order chi connectivity index (χ1) is 8.39. The minimum atomic E-state index is -0.879. The molecule has 2 aliphatic rings. The second-order valence-electron chi connectivity index (χ2n) is 5.67. The Bertz CT molecular complexity index is 304. The Hall–Kier alpha value is -0.690. The molecule has 0 aromatic heterocycles. The van der Waals surface area contributed by atoms with Gasteiger partial charge in [0.05, 0.1) is 23.7 Å². The quantitative estimate of drug-likeness (QED) is 0.520. The molecule has 1 aliphatic heterocycles. The van der Waals surface area contributed by atoms with Crippen LogP contribution in [0.15, 0.2) is 0 Å². The molecule has 0 aromatic rings. The van der Waals surface area contributed by atoms with E-state index in [9.17, 15) is 20.1 Å². The molecule has 1 aliphatic carbocycles. The number of nitrogens with zero attached hydrogens (tertiary/aromatic N) is 1. The van der Waals surface area contributed by atoms with Gasteiger partial charge in [0.2, 0.25) is 0 Å². The van der Waals surface area contributed by atoms with Crippen LogP contribution in [0.1, 0.15) is 25.7 Å². The lowest BCUT2D eigenvalue weighted by atomic mass is 9.78. The Balaban J connectivity index is 1.85. The fraction of sp³-hybridized carbons (Fsp3) is 0.917. The zero-order chi connectivity index (χ0) is 13.3. The zero-order valence-electron chi connectivity index (χ0n) is 10.3. The predicted octanol–water partition coefficient (Wildman–Crippen LogP) is -0.970. The second-order valence-corrected chi connectivity index (χ2v) is 5.67. The average Bonchev–Trinajstić information content (AvgIpc) is 2.57. The summed E-state index contributed by atoms with van der Waals surface area (Å²) in [6.07, 6.45) is 0.419. The summed E-state index contributed by atoms with van der Waals surface area (Å²) in [5.74, 6) is -1.14. The smallest absolute Gasteiger partial charge is 0.306 e. The summed E-state index contributed by atoms with van der Waals surface area (Å²) in [6.45, 7) is 1.13. The number of carboxylic acid groups (broad SMARTS) is 1. The van der Waals surface area contributed by atoms with Crippen molar-refractivity contribution >= 4 is 5.97 Å². The van der Waals surface area contributed by atoms with Crippen molar-refractivity contribution in [1.29, 1.82) is 0 Å². The van der Waals surface area contributed by atoms with E-state index in [4.69, 9.17) is 5.11 Å². The minimum Gasteiger partial charge on any atom is -0.481 e. The highest BCUT2D eigenvalue weighted by Crippen LogP contribution is 2.33. The number of carboxylic acids is 1. The van der Waals surface area contributed by atoms with Gasteiger partial charge in [-0.1, -0.05) is 0 Å². The number of aliphatic hydroxyl groups excluding tert-OH is 2. The van der Waals surface area contributed by atoms with Gasteiger partial charge in [0.15, 0.2) is 0 Å². The highest BCUT2D eigenvalue weighted by molar-refractivity contribution is 5.70. The van der Waals surface area contributed by atoms with Gasteiger partial charge in [0.1, 0.15) is 0 Å². The summed E-state index contributed by atoms with van der Waals surface area (Å²) in [5, 5.41) is 38.2.